The van der Waals surface area contributed by atoms with Gasteiger partial charge in [-0.25, -0.2) is 8.42 Å². The number of aromatic nitrogens is 2. The molecular formula is C27H33ClN4O4S. The fourth-order valence-electron chi connectivity index (χ4n) is 4.16. The Morgan fingerprint density at radius 1 is 1.08 bits per heavy atom. The summed E-state index contributed by atoms with van der Waals surface area (Å²) in [7, 11) is -3.39. The van der Waals surface area contributed by atoms with Crippen LogP contribution >= 0.6 is 11.6 Å². The monoisotopic (exact) mass is 544 g/mol. The number of halogens is 1. The molecular weight excluding hydrogens is 512 g/mol. The largest absolute Gasteiger partial charge is 0.493 e. The number of sulfone groups is 1. The lowest BCUT2D eigenvalue weighted by Crippen LogP contribution is -2.51. The Morgan fingerprint density at radius 2 is 1.84 bits per heavy atom. The summed E-state index contributed by atoms with van der Waals surface area (Å²) in [5.74, 6) is 1.62. The van der Waals surface area contributed by atoms with Crippen molar-refractivity contribution in [3.05, 3.63) is 70.9 Å². The number of carbonyl (C=O) groups excluding carboxylic acids is 1. The number of rotatable bonds is 10. The fraction of sp³-hybridized carbons (Fsp3) is 0.407. The van der Waals surface area contributed by atoms with Crippen LogP contribution in [0.1, 0.15) is 25.1 Å². The average molecular weight is 545 g/mol. The standard InChI is InChI=1S/C27H33ClN4O4S/c1-20(2)19-36-25-10-9-23(28)16-22(25)17-32-21(3)15-26(29-32)31-12-11-30(18-27(31)33)13-14-37(34,35)24-7-5-4-6-8-24/h4-10,15-16,20H,11-14,17-19H2,1-3H3. The zero-order chi connectivity index (χ0) is 26.6. The summed E-state index contributed by atoms with van der Waals surface area (Å²) in [5.41, 5.74) is 1.83. The van der Waals surface area contributed by atoms with Crippen LogP contribution < -0.4 is 9.64 Å². The van der Waals surface area contributed by atoms with E-state index in [1.807, 2.05) is 40.8 Å². The van der Waals surface area contributed by atoms with E-state index >= 15 is 0 Å². The normalized spacial score (nSPS) is 14.9. The number of aryl methyl sites for hydroxylation is 1. The molecule has 4 rings (SSSR count). The van der Waals surface area contributed by atoms with Crippen molar-refractivity contribution in [3.8, 4) is 5.75 Å². The van der Waals surface area contributed by atoms with E-state index in [-0.39, 0.29) is 18.2 Å². The van der Waals surface area contributed by atoms with E-state index in [1.54, 1.807) is 35.2 Å². The molecule has 0 atom stereocenters. The van der Waals surface area contributed by atoms with Crippen molar-refractivity contribution in [2.45, 2.75) is 32.2 Å². The number of piperazine rings is 1. The van der Waals surface area contributed by atoms with Crippen molar-refractivity contribution in [1.29, 1.82) is 0 Å². The first-order chi connectivity index (χ1) is 17.6. The van der Waals surface area contributed by atoms with Gasteiger partial charge in [-0.15, -0.1) is 0 Å². The fourth-order valence-corrected chi connectivity index (χ4v) is 5.67. The predicted molar refractivity (Wildman–Crippen MR) is 145 cm³/mol. The Morgan fingerprint density at radius 3 is 2.54 bits per heavy atom. The maximum atomic E-state index is 13.0. The molecule has 1 aliphatic rings. The second kappa shape index (κ2) is 11.7. The third-order valence-corrected chi connectivity index (χ3v) is 8.18. The molecule has 2 heterocycles. The van der Waals surface area contributed by atoms with E-state index in [2.05, 4.69) is 13.8 Å². The highest BCUT2D eigenvalue weighted by Gasteiger charge is 2.28. The molecule has 10 heteroatoms. The van der Waals surface area contributed by atoms with E-state index in [0.29, 0.717) is 54.4 Å². The van der Waals surface area contributed by atoms with Gasteiger partial charge in [0.2, 0.25) is 5.91 Å². The van der Waals surface area contributed by atoms with Gasteiger partial charge in [-0.3, -0.25) is 19.3 Å². The molecule has 8 nitrogen and oxygen atoms in total. The van der Waals surface area contributed by atoms with Gasteiger partial charge >= 0.3 is 0 Å². The van der Waals surface area contributed by atoms with E-state index < -0.39 is 9.84 Å². The van der Waals surface area contributed by atoms with Crippen LogP contribution in [0.3, 0.4) is 0 Å². The highest BCUT2D eigenvalue weighted by molar-refractivity contribution is 7.91. The van der Waals surface area contributed by atoms with Crippen LogP contribution in [0.15, 0.2) is 59.5 Å². The van der Waals surface area contributed by atoms with Gasteiger partial charge in [0, 0.05) is 42.0 Å². The second-order valence-electron chi connectivity index (χ2n) is 9.71. The highest BCUT2D eigenvalue weighted by Crippen LogP contribution is 2.26. The molecule has 3 aromatic rings. The molecule has 1 saturated heterocycles. The third-order valence-electron chi connectivity index (χ3n) is 6.24. The molecule has 0 unspecified atom stereocenters. The van der Waals surface area contributed by atoms with Crippen LogP contribution in [-0.4, -0.2) is 67.5 Å². The van der Waals surface area contributed by atoms with Crippen LogP contribution in [0.5, 0.6) is 5.75 Å². The van der Waals surface area contributed by atoms with Crippen LogP contribution in [0, 0.1) is 12.8 Å². The molecule has 0 radical (unpaired) electrons. The summed E-state index contributed by atoms with van der Waals surface area (Å²) >= 11 is 6.25. The first-order valence-corrected chi connectivity index (χ1v) is 14.4. The molecule has 198 valence electrons. The Labute approximate surface area is 223 Å². The van der Waals surface area contributed by atoms with Crippen LogP contribution in [-0.2, 0) is 21.2 Å². The SMILES string of the molecule is Cc1cc(N2CCN(CCS(=O)(=O)c3ccccc3)CC2=O)nn1Cc1cc(Cl)ccc1OCC(C)C. The van der Waals surface area contributed by atoms with Gasteiger partial charge in [0.1, 0.15) is 5.75 Å². The van der Waals surface area contributed by atoms with Gasteiger partial charge in [-0.05, 0) is 43.2 Å². The lowest BCUT2D eigenvalue weighted by Gasteiger charge is -2.32. The molecule has 0 saturated carbocycles. The van der Waals surface area contributed by atoms with E-state index in [1.165, 1.54) is 0 Å². The van der Waals surface area contributed by atoms with Crippen LogP contribution in [0.2, 0.25) is 5.02 Å². The van der Waals surface area contributed by atoms with Crippen molar-refractivity contribution in [2.75, 3.05) is 43.4 Å². The van der Waals surface area contributed by atoms with Crippen molar-refractivity contribution in [1.82, 2.24) is 14.7 Å². The van der Waals surface area contributed by atoms with Crippen LogP contribution in [0.25, 0.3) is 0 Å². The summed E-state index contributed by atoms with van der Waals surface area (Å²) in [6.07, 6.45) is 0. The minimum atomic E-state index is -3.39. The minimum Gasteiger partial charge on any atom is -0.493 e. The Kier molecular flexibility index (Phi) is 8.56. The molecule has 0 spiro atoms. The number of nitrogens with zero attached hydrogens (tertiary/aromatic N) is 4. The Bertz CT molecular complexity index is 1340. The summed E-state index contributed by atoms with van der Waals surface area (Å²) in [6.45, 7) is 8.68. The number of ether oxygens (including phenoxy) is 1. The number of carbonyl (C=O) groups is 1. The van der Waals surface area contributed by atoms with Gasteiger partial charge < -0.3 is 4.74 Å². The maximum Gasteiger partial charge on any atom is 0.242 e. The highest BCUT2D eigenvalue weighted by atomic mass is 35.5. The van der Waals surface area contributed by atoms with Crippen molar-refractivity contribution in [2.24, 2.45) is 5.92 Å². The van der Waals surface area contributed by atoms with E-state index in [4.69, 9.17) is 21.4 Å². The first-order valence-electron chi connectivity index (χ1n) is 12.4. The third kappa shape index (κ3) is 6.91. The Balaban J connectivity index is 1.40. The van der Waals surface area contributed by atoms with Gasteiger partial charge in [0.15, 0.2) is 15.7 Å². The molecule has 0 aliphatic carbocycles. The number of anilines is 1. The average Bonchev–Trinajstić information content (AvgIpc) is 3.22. The zero-order valence-corrected chi connectivity index (χ0v) is 23.0. The quantitative estimate of drug-likeness (QED) is 0.383. The molecule has 0 N–H and O–H groups in total. The Hall–Kier alpha value is -2.88. The summed E-state index contributed by atoms with van der Waals surface area (Å²) in [6, 6.07) is 15.9. The first kappa shape index (κ1) is 27.2. The summed E-state index contributed by atoms with van der Waals surface area (Å²) in [5, 5.41) is 5.33. The smallest absolute Gasteiger partial charge is 0.242 e. The molecule has 1 aromatic heterocycles. The summed E-state index contributed by atoms with van der Waals surface area (Å²) < 4.78 is 33.0. The van der Waals surface area contributed by atoms with Crippen molar-refractivity contribution in [3.63, 3.8) is 0 Å². The molecule has 0 bridgehead atoms. The van der Waals surface area contributed by atoms with Gasteiger partial charge in [0.25, 0.3) is 0 Å². The topological polar surface area (TPSA) is 84.7 Å². The van der Waals surface area contributed by atoms with Gasteiger partial charge in [0.05, 0.1) is 30.3 Å². The minimum absolute atomic E-state index is 0.0289. The maximum absolute atomic E-state index is 13.0. The molecule has 1 fully saturated rings. The lowest BCUT2D eigenvalue weighted by molar-refractivity contribution is -0.121. The summed E-state index contributed by atoms with van der Waals surface area (Å²) in [4.78, 5) is 16.8. The zero-order valence-electron chi connectivity index (χ0n) is 21.4. The molecule has 2 aromatic carbocycles. The van der Waals surface area contributed by atoms with Gasteiger partial charge in [-0.2, -0.15) is 5.10 Å². The van der Waals surface area contributed by atoms with Crippen molar-refractivity contribution >= 4 is 33.2 Å². The van der Waals surface area contributed by atoms with Gasteiger partial charge in [-0.1, -0.05) is 43.6 Å². The van der Waals surface area contributed by atoms with E-state index in [9.17, 15) is 13.2 Å². The molecule has 1 aliphatic heterocycles. The van der Waals surface area contributed by atoms with E-state index in [0.717, 1.165) is 17.0 Å². The number of hydrogen-bond acceptors (Lipinski definition) is 6. The molecule has 37 heavy (non-hydrogen) atoms. The number of hydrogen-bond donors (Lipinski definition) is 0. The van der Waals surface area contributed by atoms with Crippen LogP contribution in [0.4, 0.5) is 5.82 Å². The number of benzene rings is 2. The predicted octanol–water partition coefficient (Wildman–Crippen LogP) is 4.05. The number of amides is 1. The second-order valence-corrected chi connectivity index (χ2v) is 12.3. The lowest BCUT2D eigenvalue weighted by atomic mass is 10.2. The van der Waals surface area contributed by atoms with Crippen molar-refractivity contribution < 1.29 is 17.9 Å². The molecule has 1 amide bonds.